The minimum absolute atomic E-state index is 0.00708. The molecule has 6 nitrogen and oxygen atoms in total. The lowest BCUT2D eigenvalue weighted by atomic mass is 10.1. The number of aromatic amines is 1. The molecule has 1 atom stereocenters. The summed E-state index contributed by atoms with van der Waals surface area (Å²) in [5.41, 5.74) is 1.99. The minimum atomic E-state index is -0.00708. The van der Waals surface area contributed by atoms with E-state index in [-0.39, 0.29) is 12.0 Å². The number of rotatable bonds is 6. The van der Waals surface area contributed by atoms with E-state index in [9.17, 15) is 4.79 Å². The summed E-state index contributed by atoms with van der Waals surface area (Å²) >= 11 is 0. The summed E-state index contributed by atoms with van der Waals surface area (Å²) < 4.78 is 5.71. The number of morpholine rings is 1. The molecule has 2 N–H and O–H groups in total. The Balaban J connectivity index is 1.42. The van der Waals surface area contributed by atoms with Crippen LogP contribution in [-0.2, 0) is 16.0 Å². The Labute approximate surface area is 142 Å². The molecule has 130 valence electrons. The van der Waals surface area contributed by atoms with Crippen LogP contribution in [0.15, 0.2) is 24.3 Å². The van der Waals surface area contributed by atoms with Crippen molar-refractivity contribution in [2.24, 2.45) is 0 Å². The molecule has 3 rings (SSSR count). The van der Waals surface area contributed by atoms with Crippen LogP contribution in [0, 0.1) is 0 Å². The third kappa shape index (κ3) is 4.33. The number of imidazole rings is 1. The van der Waals surface area contributed by atoms with Gasteiger partial charge < -0.3 is 15.0 Å². The fraction of sp³-hybridized carbons (Fsp3) is 0.556. The van der Waals surface area contributed by atoms with Crippen LogP contribution < -0.4 is 5.32 Å². The van der Waals surface area contributed by atoms with Crippen LogP contribution in [0.4, 0.5) is 0 Å². The topological polar surface area (TPSA) is 70.2 Å². The molecule has 0 saturated carbocycles. The standard InChI is InChI=1S/C18H26N4O2/c1-13(2)22-9-10-24-14(12-22)11-18(23)19-8-7-17-20-15-5-3-4-6-16(15)21-17/h3-6,13-14H,7-12H2,1-2H3,(H,19,23)(H,20,21)/t14-/m0/s1. The van der Waals surface area contributed by atoms with Crippen molar-refractivity contribution in [1.82, 2.24) is 20.2 Å². The van der Waals surface area contributed by atoms with Crippen LogP contribution in [0.1, 0.15) is 26.1 Å². The van der Waals surface area contributed by atoms with E-state index in [1.54, 1.807) is 0 Å². The van der Waals surface area contributed by atoms with Gasteiger partial charge in [-0.25, -0.2) is 4.98 Å². The summed E-state index contributed by atoms with van der Waals surface area (Å²) in [6, 6.07) is 8.43. The highest BCUT2D eigenvalue weighted by molar-refractivity contribution is 5.76. The summed E-state index contributed by atoms with van der Waals surface area (Å²) in [4.78, 5) is 22.3. The number of aromatic nitrogens is 2. The number of amides is 1. The predicted octanol–water partition coefficient (Wildman–Crippen LogP) is 1.72. The highest BCUT2D eigenvalue weighted by Crippen LogP contribution is 2.12. The Hall–Kier alpha value is -1.92. The number of benzene rings is 1. The first-order valence-electron chi connectivity index (χ1n) is 8.68. The number of nitrogens with zero attached hydrogens (tertiary/aromatic N) is 2. The van der Waals surface area contributed by atoms with E-state index in [1.807, 2.05) is 24.3 Å². The highest BCUT2D eigenvalue weighted by atomic mass is 16.5. The molecule has 0 radical (unpaired) electrons. The molecule has 1 aliphatic rings. The molecular formula is C18H26N4O2. The van der Waals surface area contributed by atoms with Gasteiger partial charge in [0.25, 0.3) is 0 Å². The van der Waals surface area contributed by atoms with Gasteiger partial charge in [-0.05, 0) is 26.0 Å². The molecule has 2 heterocycles. The van der Waals surface area contributed by atoms with Gasteiger partial charge in [0.15, 0.2) is 0 Å². The monoisotopic (exact) mass is 330 g/mol. The SMILES string of the molecule is CC(C)N1CCO[C@@H](CC(=O)NCCc2nc3ccccc3[nH]2)C1. The lowest BCUT2D eigenvalue weighted by Gasteiger charge is -2.35. The van der Waals surface area contributed by atoms with Crippen molar-refractivity contribution in [1.29, 1.82) is 0 Å². The maximum absolute atomic E-state index is 12.1. The smallest absolute Gasteiger partial charge is 0.222 e. The number of hydrogen-bond acceptors (Lipinski definition) is 4. The van der Waals surface area contributed by atoms with E-state index < -0.39 is 0 Å². The Morgan fingerprint density at radius 3 is 3.08 bits per heavy atom. The van der Waals surface area contributed by atoms with Crippen LogP contribution in [0.2, 0.25) is 0 Å². The highest BCUT2D eigenvalue weighted by Gasteiger charge is 2.24. The molecule has 1 aromatic heterocycles. The normalized spacial score (nSPS) is 19.0. The summed E-state index contributed by atoms with van der Waals surface area (Å²) in [6.45, 7) is 7.41. The quantitative estimate of drug-likeness (QED) is 0.846. The summed E-state index contributed by atoms with van der Waals surface area (Å²) in [6.07, 6.45) is 1.11. The largest absolute Gasteiger partial charge is 0.375 e. The third-order valence-corrected chi connectivity index (χ3v) is 4.44. The lowest BCUT2D eigenvalue weighted by molar-refractivity contribution is -0.126. The molecule has 0 bridgehead atoms. The van der Waals surface area contributed by atoms with Crippen molar-refractivity contribution in [3.63, 3.8) is 0 Å². The van der Waals surface area contributed by atoms with Gasteiger partial charge in [-0.15, -0.1) is 0 Å². The van der Waals surface area contributed by atoms with Crippen LogP contribution >= 0.6 is 0 Å². The van der Waals surface area contributed by atoms with Crippen LogP contribution in [0.3, 0.4) is 0 Å². The van der Waals surface area contributed by atoms with Crippen molar-refractivity contribution in [3.05, 3.63) is 30.1 Å². The molecule has 1 aromatic carbocycles. The Kier molecular flexibility index (Phi) is 5.48. The van der Waals surface area contributed by atoms with Gasteiger partial charge in [0.05, 0.1) is 30.2 Å². The second-order valence-electron chi connectivity index (χ2n) is 6.59. The molecule has 2 aromatic rings. The van der Waals surface area contributed by atoms with Crippen molar-refractivity contribution >= 4 is 16.9 Å². The molecule has 1 amide bonds. The van der Waals surface area contributed by atoms with Gasteiger partial charge >= 0.3 is 0 Å². The molecule has 0 unspecified atom stereocenters. The van der Waals surface area contributed by atoms with Gasteiger partial charge in [-0.2, -0.15) is 0 Å². The number of hydrogen-bond donors (Lipinski definition) is 2. The van der Waals surface area contributed by atoms with Gasteiger partial charge in [-0.3, -0.25) is 9.69 Å². The summed E-state index contributed by atoms with van der Waals surface area (Å²) in [5, 5.41) is 2.97. The van der Waals surface area contributed by atoms with Crippen molar-refractivity contribution in [3.8, 4) is 0 Å². The Bertz CT molecular complexity index is 649. The number of carbonyl (C=O) groups is 1. The van der Waals surface area contributed by atoms with E-state index in [1.165, 1.54) is 0 Å². The van der Waals surface area contributed by atoms with Crippen LogP contribution in [0.25, 0.3) is 11.0 Å². The van der Waals surface area contributed by atoms with E-state index >= 15 is 0 Å². The molecule has 0 spiro atoms. The van der Waals surface area contributed by atoms with Crippen LogP contribution in [0.5, 0.6) is 0 Å². The van der Waals surface area contributed by atoms with Crippen LogP contribution in [-0.4, -0.2) is 59.2 Å². The lowest BCUT2D eigenvalue weighted by Crippen LogP contribution is -2.47. The molecule has 6 heteroatoms. The Morgan fingerprint density at radius 1 is 1.46 bits per heavy atom. The fourth-order valence-electron chi connectivity index (χ4n) is 3.06. The average molecular weight is 330 g/mol. The van der Waals surface area contributed by atoms with Gasteiger partial charge in [-0.1, -0.05) is 12.1 Å². The van der Waals surface area contributed by atoms with Crippen molar-refractivity contribution in [2.75, 3.05) is 26.2 Å². The molecule has 24 heavy (non-hydrogen) atoms. The fourth-order valence-corrected chi connectivity index (χ4v) is 3.06. The van der Waals surface area contributed by atoms with E-state index in [4.69, 9.17) is 4.74 Å². The van der Waals surface area contributed by atoms with Crippen molar-refractivity contribution < 1.29 is 9.53 Å². The molecule has 1 fully saturated rings. The number of nitrogens with one attached hydrogen (secondary N) is 2. The van der Waals surface area contributed by atoms with Gasteiger partial charge in [0, 0.05) is 32.1 Å². The molecule has 1 aliphatic heterocycles. The minimum Gasteiger partial charge on any atom is -0.375 e. The van der Waals surface area contributed by atoms with Gasteiger partial charge in [0.1, 0.15) is 5.82 Å². The first-order valence-corrected chi connectivity index (χ1v) is 8.68. The zero-order valence-corrected chi connectivity index (χ0v) is 14.4. The summed E-state index contributed by atoms with van der Waals surface area (Å²) in [7, 11) is 0. The second-order valence-corrected chi connectivity index (χ2v) is 6.59. The number of fused-ring (bicyclic) bond motifs is 1. The second kappa shape index (κ2) is 7.77. The summed E-state index contributed by atoms with van der Waals surface area (Å²) in [5.74, 6) is 0.943. The number of para-hydroxylation sites is 2. The first kappa shape index (κ1) is 16.9. The maximum atomic E-state index is 12.1. The zero-order chi connectivity index (χ0) is 16.9. The predicted molar refractivity (Wildman–Crippen MR) is 93.9 cm³/mol. The average Bonchev–Trinajstić information content (AvgIpc) is 2.97. The third-order valence-electron chi connectivity index (χ3n) is 4.44. The number of H-pyrrole nitrogens is 1. The van der Waals surface area contributed by atoms with E-state index in [2.05, 4.69) is 34.0 Å². The molecular weight excluding hydrogens is 304 g/mol. The zero-order valence-electron chi connectivity index (χ0n) is 14.4. The molecule has 0 aliphatic carbocycles. The van der Waals surface area contributed by atoms with E-state index in [0.717, 1.165) is 29.9 Å². The number of carbonyl (C=O) groups excluding carboxylic acids is 1. The maximum Gasteiger partial charge on any atom is 0.222 e. The Morgan fingerprint density at radius 2 is 2.29 bits per heavy atom. The van der Waals surface area contributed by atoms with Crippen molar-refractivity contribution in [2.45, 2.75) is 38.8 Å². The first-order chi connectivity index (χ1) is 11.6. The van der Waals surface area contributed by atoms with E-state index in [0.29, 0.717) is 32.0 Å². The molecule has 1 saturated heterocycles. The number of ether oxygens (including phenoxy) is 1. The van der Waals surface area contributed by atoms with Gasteiger partial charge in [0.2, 0.25) is 5.91 Å².